The van der Waals surface area contributed by atoms with E-state index in [1.165, 1.54) is 12.1 Å². The first-order valence-electron chi connectivity index (χ1n) is 11.5. The quantitative estimate of drug-likeness (QED) is 0.306. The minimum atomic E-state index is -0.620. The average molecular weight is 498 g/mol. The molecule has 0 saturated carbocycles. The fraction of sp³-hybridized carbons (Fsp3) is 0.111. The summed E-state index contributed by atoms with van der Waals surface area (Å²) in [7, 11) is 1.81. The van der Waals surface area contributed by atoms with E-state index in [0.717, 1.165) is 22.5 Å². The molecule has 2 amide bonds. The Bertz CT molecular complexity index is 1590. The van der Waals surface area contributed by atoms with Crippen LogP contribution in [0.4, 0.5) is 20.6 Å². The van der Waals surface area contributed by atoms with Crippen molar-refractivity contribution in [2.45, 2.75) is 13.8 Å². The number of halogens is 1. The Labute approximate surface area is 212 Å². The molecule has 3 heterocycles. The minimum absolute atomic E-state index is 0.0215. The van der Waals surface area contributed by atoms with Crippen LogP contribution in [0.3, 0.4) is 0 Å². The van der Waals surface area contributed by atoms with E-state index in [2.05, 4.69) is 25.7 Å². The molecule has 2 N–H and O–H groups in total. The first-order valence-corrected chi connectivity index (χ1v) is 11.5. The molecule has 0 spiro atoms. The van der Waals surface area contributed by atoms with Gasteiger partial charge in [-0.15, -0.1) is 0 Å². The summed E-state index contributed by atoms with van der Waals surface area (Å²) >= 11 is 0. The number of imidazole rings is 1. The maximum absolute atomic E-state index is 14.8. The summed E-state index contributed by atoms with van der Waals surface area (Å²) in [6.07, 6.45) is 8.71. The summed E-state index contributed by atoms with van der Waals surface area (Å²) in [6.45, 7) is 3.85. The number of urea groups is 1. The number of amides is 2. The molecule has 0 aliphatic rings. The van der Waals surface area contributed by atoms with Gasteiger partial charge in [-0.25, -0.2) is 14.2 Å². The zero-order valence-electron chi connectivity index (χ0n) is 20.4. The molecule has 3 aromatic heterocycles. The molecule has 0 aliphatic heterocycles. The normalized spacial score (nSPS) is 10.8. The number of aromatic nitrogens is 5. The van der Waals surface area contributed by atoms with Gasteiger partial charge in [0.1, 0.15) is 5.75 Å². The van der Waals surface area contributed by atoms with E-state index < -0.39 is 11.8 Å². The van der Waals surface area contributed by atoms with E-state index >= 15 is 0 Å². The largest absolute Gasteiger partial charge is 0.454 e. The van der Waals surface area contributed by atoms with Gasteiger partial charge in [0.05, 0.1) is 23.9 Å². The maximum atomic E-state index is 14.8. The van der Waals surface area contributed by atoms with Crippen molar-refractivity contribution in [2.24, 2.45) is 7.05 Å². The van der Waals surface area contributed by atoms with E-state index in [9.17, 15) is 9.18 Å². The molecule has 0 fully saturated rings. The Morgan fingerprint density at radius 1 is 0.973 bits per heavy atom. The van der Waals surface area contributed by atoms with E-state index in [-0.39, 0.29) is 11.4 Å². The van der Waals surface area contributed by atoms with Crippen LogP contribution in [0.15, 0.2) is 79.6 Å². The smallest absolute Gasteiger partial charge is 0.323 e. The van der Waals surface area contributed by atoms with Crippen LogP contribution in [0.1, 0.15) is 11.3 Å². The predicted octanol–water partition coefficient (Wildman–Crippen LogP) is 5.86. The van der Waals surface area contributed by atoms with Crippen molar-refractivity contribution in [1.82, 2.24) is 24.3 Å². The number of hydrogen-bond donors (Lipinski definition) is 2. The summed E-state index contributed by atoms with van der Waals surface area (Å²) < 4.78 is 24.1. The highest BCUT2D eigenvalue weighted by Crippen LogP contribution is 2.29. The third-order valence-electron chi connectivity index (χ3n) is 5.48. The van der Waals surface area contributed by atoms with E-state index in [0.29, 0.717) is 17.1 Å². The molecular weight excluding hydrogens is 473 g/mol. The molecule has 37 heavy (non-hydrogen) atoms. The molecule has 0 aliphatic carbocycles. The second-order valence-electron chi connectivity index (χ2n) is 8.59. The zero-order valence-corrected chi connectivity index (χ0v) is 20.4. The number of ether oxygens (including phenoxy) is 1. The molecule has 10 heteroatoms. The highest BCUT2D eigenvalue weighted by Gasteiger charge is 2.11. The molecule has 0 unspecified atom stereocenters. The highest BCUT2D eigenvalue weighted by molar-refractivity contribution is 6.00. The Morgan fingerprint density at radius 2 is 1.81 bits per heavy atom. The third kappa shape index (κ3) is 5.64. The summed E-state index contributed by atoms with van der Waals surface area (Å²) in [4.78, 5) is 21.1. The highest BCUT2D eigenvalue weighted by atomic mass is 19.1. The number of rotatable bonds is 6. The lowest BCUT2D eigenvalue weighted by Gasteiger charge is -2.12. The van der Waals surface area contributed by atoms with Gasteiger partial charge >= 0.3 is 6.03 Å². The lowest BCUT2D eigenvalue weighted by molar-refractivity contribution is 0.262. The summed E-state index contributed by atoms with van der Waals surface area (Å²) in [6, 6.07) is 12.7. The fourth-order valence-electron chi connectivity index (χ4n) is 3.81. The van der Waals surface area contributed by atoms with Crippen LogP contribution < -0.4 is 15.4 Å². The van der Waals surface area contributed by atoms with Gasteiger partial charge < -0.3 is 19.9 Å². The molecule has 9 nitrogen and oxygen atoms in total. The van der Waals surface area contributed by atoms with Gasteiger partial charge in [0.15, 0.2) is 11.6 Å². The lowest BCUT2D eigenvalue weighted by atomic mass is 10.2. The Kier molecular flexibility index (Phi) is 6.38. The number of hydrogen-bond acceptors (Lipinski definition) is 5. The van der Waals surface area contributed by atoms with Crippen molar-refractivity contribution in [3.8, 4) is 28.4 Å². The number of pyridine rings is 1. The summed E-state index contributed by atoms with van der Waals surface area (Å²) in [5.74, 6) is -0.173. The van der Waals surface area contributed by atoms with Gasteiger partial charge in [-0.2, -0.15) is 5.10 Å². The van der Waals surface area contributed by atoms with Crippen LogP contribution in [0.2, 0.25) is 0 Å². The molecule has 0 radical (unpaired) electrons. The first kappa shape index (κ1) is 23.7. The van der Waals surface area contributed by atoms with Crippen molar-refractivity contribution in [3.63, 3.8) is 0 Å². The van der Waals surface area contributed by atoms with Crippen LogP contribution in [-0.2, 0) is 7.05 Å². The van der Waals surface area contributed by atoms with Gasteiger partial charge in [-0.3, -0.25) is 9.67 Å². The third-order valence-corrected chi connectivity index (χ3v) is 5.48. The topological polar surface area (TPSA) is 98.9 Å². The van der Waals surface area contributed by atoms with E-state index in [4.69, 9.17) is 4.74 Å². The van der Waals surface area contributed by atoms with Gasteiger partial charge in [-0.1, -0.05) is 0 Å². The van der Waals surface area contributed by atoms with Crippen LogP contribution >= 0.6 is 0 Å². The minimum Gasteiger partial charge on any atom is -0.454 e. The predicted molar refractivity (Wildman–Crippen MR) is 139 cm³/mol. The zero-order chi connectivity index (χ0) is 25.9. The standard InChI is InChI=1S/C27H24FN7O2/c1-17-8-21(10-22(9-17)35-14-18(2)30-16-35)33-27(36)32-20-4-5-26(24(28)11-20)37-23-6-7-29-25(12-23)19-13-31-34(3)15-19/h4-16H,1-3H3,(H2,32,33,36). The Balaban J connectivity index is 1.26. The van der Waals surface area contributed by atoms with Crippen molar-refractivity contribution in [3.05, 3.63) is 96.7 Å². The second kappa shape index (κ2) is 9.94. The fourth-order valence-corrected chi connectivity index (χ4v) is 3.81. The molecule has 0 saturated heterocycles. The molecule has 0 bridgehead atoms. The van der Waals surface area contributed by atoms with Crippen molar-refractivity contribution in [2.75, 3.05) is 10.6 Å². The van der Waals surface area contributed by atoms with Crippen molar-refractivity contribution < 1.29 is 13.9 Å². The van der Waals surface area contributed by atoms with Crippen LogP contribution in [0.5, 0.6) is 11.5 Å². The van der Waals surface area contributed by atoms with Crippen molar-refractivity contribution >= 4 is 17.4 Å². The monoisotopic (exact) mass is 497 g/mol. The summed E-state index contributed by atoms with van der Waals surface area (Å²) in [5, 5.41) is 9.58. The van der Waals surface area contributed by atoms with Gasteiger partial charge in [0.2, 0.25) is 0 Å². The number of nitrogens with zero attached hydrogens (tertiary/aromatic N) is 5. The van der Waals surface area contributed by atoms with E-state index in [1.807, 2.05) is 56.1 Å². The SMILES string of the molecule is Cc1cc(NC(=O)Nc2ccc(Oc3ccnc(-c4cnn(C)c4)c3)c(F)c2)cc(-n2cnc(C)c2)c1. The van der Waals surface area contributed by atoms with Crippen LogP contribution in [0.25, 0.3) is 16.9 Å². The second-order valence-corrected chi connectivity index (χ2v) is 8.59. The molecule has 5 rings (SSSR count). The number of carbonyl (C=O) groups is 1. The van der Waals surface area contributed by atoms with Gasteiger partial charge in [0.25, 0.3) is 0 Å². The molecule has 5 aromatic rings. The summed E-state index contributed by atoms with van der Waals surface area (Å²) in [5.41, 5.74) is 5.08. The number of benzene rings is 2. The molecule has 186 valence electrons. The number of carbonyl (C=O) groups excluding carboxylic acids is 1. The average Bonchev–Trinajstić information content (AvgIpc) is 3.49. The number of anilines is 2. The number of aryl methyl sites for hydroxylation is 3. The Morgan fingerprint density at radius 3 is 2.54 bits per heavy atom. The van der Waals surface area contributed by atoms with Gasteiger partial charge in [0, 0.05) is 60.4 Å². The maximum Gasteiger partial charge on any atom is 0.323 e. The van der Waals surface area contributed by atoms with Crippen LogP contribution in [0, 0.1) is 19.7 Å². The van der Waals surface area contributed by atoms with Crippen molar-refractivity contribution in [1.29, 1.82) is 0 Å². The van der Waals surface area contributed by atoms with Crippen LogP contribution in [-0.4, -0.2) is 30.3 Å². The molecule has 0 atom stereocenters. The molecule has 2 aromatic carbocycles. The first-order chi connectivity index (χ1) is 17.8. The molecular formula is C27H24FN7O2. The Hall–Kier alpha value is -4.99. The van der Waals surface area contributed by atoms with E-state index in [1.54, 1.807) is 41.6 Å². The van der Waals surface area contributed by atoms with Gasteiger partial charge in [-0.05, 0) is 55.8 Å². The number of nitrogens with one attached hydrogen (secondary N) is 2. The lowest BCUT2D eigenvalue weighted by Crippen LogP contribution is -2.19.